The Balaban J connectivity index is 1.88. The van der Waals surface area contributed by atoms with E-state index in [1.54, 1.807) is 0 Å². The van der Waals surface area contributed by atoms with Crippen LogP contribution in [0.3, 0.4) is 0 Å². The lowest BCUT2D eigenvalue weighted by Crippen LogP contribution is -2.33. The number of unbranched alkanes of at least 4 members (excludes halogenated alkanes) is 25. The zero-order chi connectivity index (χ0) is 26.5. The van der Waals surface area contributed by atoms with Crippen LogP contribution in [0.5, 0.6) is 0 Å². The third-order valence-electron chi connectivity index (χ3n) is 8.26. The molecule has 0 unspecified atom stereocenters. The Morgan fingerprint density at radius 3 is 1.19 bits per heavy atom. The molecule has 0 aliphatic heterocycles. The van der Waals surface area contributed by atoms with Gasteiger partial charge in [0.1, 0.15) is 6.54 Å². The normalized spacial score (nSPS) is 11.4. The Bertz CT molecular complexity index is 566. The minimum Gasteiger partial charge on any atom is -0.205 e. The lowest BCUT2D eigenvalue weighted by molar-refractivity contribution is -0.697. The van der Waals surface area contributed by atoms with Crippen LogP contribution in [0, 0.1) is 0 Å². The molecule has 0 amide bonds. The largest absolute Gasteiger partial charge is 0.205 e. The zero-order valence-corrected chi connectivity index (χ0v) is 25.8. The van der Waals surface area contributed by atoms with E-state index >= 15 is 0 Å². The van der Waals surface area contributed by atoms with Gasteiger partial charge in [-0.2, -0.15) is 0 Å². The highest BCUT2D eigenvalue weighted by Crippen LogP contribution is 2.14. The van der Waals surface area contributed by atoms with E-state index in [1.165, 1.54) is 192 Å². The number of hydrogen-bond donors (Lipinski definition) is 0. The fraction of sp³-hybridized carbons (Fsp3) is 0.861. The van der Waals surface area contributed by atoms with E-state index in [0.717, 1.165) is 0 Å². The van der Waals surface area contributed by atoms with Crippen molar-refractivity contribution in [3.8, 4) is 0 Å². The number of rotatable bonds is 29. The van der Waals surface area contributed by atoms with Crippen LogP contribution in [0.1, 0.15) is 193 Å². The lowest BCUT2D eigenvalue weighted by Gasteiger charge is -2.04. The van der Waals surface area contributed by atoms with Gasteiger partial charge in [0.25, 0.3) is 0 Å². The molecule has 0 aliphatic rings. The predicted octanol–water partition coefficient (Wildman–Crippen LogP) is 12.1. The molecule has 0 saturated carbocycles. The van der Waals surface area contributed by atoms with Gasteiger partial charge < -0.3 is 0 Å². The molecule has 1 heteroatoms. The van der Waals surface area contributed by atoms with Gasteiger partial charge in [-0.1, -0.05) is 168 Å². The average Bonchev–Trinajstić information content (AvgIpc) is 2.92. The lowest BCUT2D eigenvalue weighted by atomic mass is 10.0. The molecule has 1 nitrogen and oxygen atoms in total. The van der Waals surface area contributed by atoms with Crippen molar-refractivity contribution in [3.05, 3.63) is 30.1 Å². The molecule has 1 aromatic heterocycles. The van der Waals surface area contributed by atoms with Gasteiger partial charge in [-0.15, -0.1) is 0 Å². The first-order valence-electron chi connectivity index (χ1n) is 17.3. The maximum absolute atomic E-state index is 2.44. The second kappa shape index (κ2) is 28.2. The fourth-order valence-corrected chi connectivity index (χ4v) is 5.70. The monoisotopic (exact) mass is 515 g/mol. The number of aromatic nitrogens is 1. The Morgan fingerprint density at radius 1 is 0.432 bits per heavy atom. The Labute approximate surface area is 234 Å². The SMILES string of the molecule is CCCCCCCCCCCCCCCC[n+]1cccc(CCCCCCCCCCCCCCC)c1. The molecule has 0 saturated heterocycles. The molecule has 216 valence electrons. The van der Waals surface area contributed by atoms with Crippen LogP contribution < -0.4 is 4.57 Å². The van der Waals surface area contributed by atoms with Crippen LogP contribution in [0.25, 0.3) is 0 Å². The van der Waals surface area contributed by atoms with Crippen LogP contribution in [0.4, 0.5) is 0 Å². The average molecular weight is 515 g/mol. The summed E-state index contributed by atoms with van der Waals surface area (Å²) in [5.74, 6) is 0. The van der Waals surface area contributed by atoms with Crippen molar-refractivity contribution < 1.29 is 4.57 Å². The third-order valence-corrected chi connectivity index (χ3v) is 8.26. The first kappa shape index (κ1) is 34.2. The Kier molecular flexibility index (Phi) is 26.0. The summed E-state index contributed by atoms with van der Waals surface area (Å²) in [7, 11) is 0. The van der Waals surface area contributed by atoms with E-state index in [9.17, 15) is 0 Å². The van der Waals surface area contributed by atoms with Gasteiger partial charge in [-0.25, -0.2) is 4.57 Å². The van der Waals surface area contributed by atoms with E-state index in [0.29, 0.717) is 0 Å². The highest BCUT2D eigenvalue weighted by molar-refractivity contribution is 5.05. The minimum atomic E-state index is 1.20. The summed E-state index contributed by atoms with van der Waals surface area (Å²) in [4.78, 5) is 0. The Hall–Kier alpha value is -0.850. The van der Waals surface area contributed by atoms with E-state index in [4.69, 9.17) is 0 Å². The summed E-state index contributed by atoms with van der Waals surface area (Å²) in [5, 5.41) is 0. The van der Waals surface area contributed by atoms with Crippen LogP contribution in [0.15, 0.2) is 24.5 Å². The topological polar surface area (TPSA) is 3.88 Å². The second-order valence-electron chi connectivity index (χ2n) is 12.0. The molecule has 0 bridgehead atoms. The highest BCUT2D eigenvalue weighted by atomic mass is 14.9. The van der Waals surface area contributed by atoms with Gasteiger partial charge >= 0.3 is 0 Å². The molecule has 1 rings (SSSR count). The van der Waals surface area contributed by atoms with Crippen molar-refractivity contribution in [2.75, 3.05) is 0 Å². The van der Waals surface area contributed by atoms with Gasteiger partial charge in [0.2, 0.25) is 0 Å². The highest BCUT2D eigenvalue weighted by Gasteiger charge is 2.03. The van der Waals surface area contributed by atoms with E-state index in [-0.39, 0.29) is 0 Å². The van der Waals surface area contributed by atoms with Crippen LogP contribution in [0.2, 0.25) is 0 Å². The van der Waals surface area contributed by atoms with Crippen LogP contribution in [-0.4, -0.2) is 0 Å². The second-order valence-corrected chi connectivity index (χ2v) is 12.0. The predicted molar refractivity (Wildman–Crippen MR) is 166 cm³/mol. The third kappa shape index (κ3) is 24.0. The van der Waals surface area contributed by atoms with Gasteiger partial charge in [-0.05, 0) is 25.3 Å². The smallest absolute Gasteiger partial charge is 0.171 e. The summed E-state index contributed by atoms with van der Waals surface area (Å²) in [6, 6.07) is 4.60. The maximum atomic E-state index is 2.44. The molecule has 0 atom stereocenters. The number of aryl methyl sites for hydroxylation is 2. The molecule has 0 spiro atoms. The molecule has 1 aromatic rings. The molecule has 0 aliphatic carbocycles. The maximum Gasteiger partial charge on any atom is 0.171 e. The van der Waals surface area contributed by atoms with E-state index < -0.39 is 0 Å². The summed E-state index contributed by atoms with van der Waals surface area (Å²) >= 11 is 0. The van der Waals surface area contributed by atoms with Crippen molar-refractivity contribution in [2.45, 2.75) is 200 Å². The van der Waals surface area contributed by atoms with Crippen LogP contribution >= 0.6 is 0 Å². The number of pyridine rings is 1. The zero-order valence-electron chi connectivity index (χ0n) is 25.8. The summed E-state index contributed by atoms with van der Waals surface area (Å²) in [6.07, 6.45) is 44.8. The van der Waals surface area contributed by atoms with Crippen molar-refractivity contribution >= 4 is 0 Å². The van der Waals surface area contributed by atoms with Gasteiger partial charge in [-0.3, -0.25) is 0 Å². The quantitative estimate of drug-likeness (QED) is 0.0739. The molecule has 37 heavy (non-hydrogen) atoms. The van der Waals surface area contributed by atoms with Gasteiger partial charge in [0.15, 0.2) is 12.4 Å². The number of nitrogens with zero attached hydrogens (tertiary/aromatic N) is 1. The van der Waals surface area contributed by atoms with Crippen molar-refractivity contribution in [2.24, 2.45) is 0 Å². The minimum absolute atomic E-state index is 1.20. The molecule has 0 aromatic carbocycles. The molecule has 0 radical (unpaired) electrons. The first-order valence-corrected chi connectivity index (χ1v) is 17.3. The van der Waals surface area contributed by atoms with Crippen molar-refractivity contribution in [1.29, 1.82) is 0 Å². The molecular formula is C36H68N+. The summed E-state index contributed by atoms with van der Waals surface area (Å²) < 4.78 is 2.44. The van der Waals surface area contributed by atoms with Crippen LogP contribution in [-0.2, 0) is 13.0 Å². The standard InChI is InChI=1S/C36H68N/c1-3-5-7-9-11-13-15-17-19-21-23-25-27-29-33-37-34-30-32-36(35-37)31-28-26-24-22-20-18-16-14-12-10-8-6-4-2/h30,32,34-35H,3-29,31,33H2,1-2H3/q+1. The van der Waals surface area contributed by atoms with Crippen molar-refractivity contribution in [1.82, 2.24) is 0 Å². The van der Waals surface area contributed by atoms with Gasteiger partial charge in [0, 0.05) is 18.1 Å². The summed E-state index contributed by atoms with van der Waals surface area (Å²) in [5.41, 5.74) is 1.54. The Morgan fingerprint density at radius 2 is 0.784 bits per heavy atom. The molecular weight excluding hydrogens is 446 g/mol. The van der Waals surface area contributed by atoms with E-state index in [2.05, 4.69) is 42.9 Å². The molecule has 0 fully saturated rings. The van der Waals surface area contributed by atoms with Crippen molar-refractivity contribution in [3.63, 3.8) is 0 Å². The van der Waals surface area contributed by atoms with Gasteiger partial charge in [0.05, 0.1) is 0 Å². The van der Waals surface area contributed by atoms with E-state index in [1.807, 2.05) is 0 Å². The molecule has 1 heterocycles. The fourth-order valence-electron chi connectivity index (χ4n) is 5.70. The first-order chi connectivity index (χ1) is 18.4. The summed E-state index contributed by atoms with van der Waals surface area (Å²) in [6.45, 7) is 5.81. The molecule has 0 N–H and O–H groups in total. The number of hydrogen-bond acceptors (Lipinski definition) is 0.